The van der Waals surface area contributed by atoms with Crippen LogP contribution in [-0.4, -0.2) is 6.29 Å². The van der Waals surface area contributed by atoms with Crippen LogP contribution in [-0.2, 0) is 0 Å². The Kier molecular flexibility index (Phi) is 1.29. The van der Waals surface area contributed by atoms with Gasteiger partial charge in [0.2, 0.25) is 0 Å². The quantitative estimate of drug-likeness (QED) is 0.518. The third kappa shape index (κ3) is 1.39. The van der Waals surface area contributed by atoms with E-state index in [0.29, 0.717) is 11.6 Å². The lowest BCUT2D eigenvalue weighted by Crippen LogP contribution is -1.77. The summed E-state index contributed by atoms with van der Waals surface area (Å²) >= 11 is 0. The van der Waals surface area contributed by atoms with Crippen molar-refractivity contribution in [3.05, 3.63) is 35.4 Å². The predicted molar refractivity (Wildman–Crippen MR) is 36.6 cm³/mol. The Morgan fingerprint density at radius 3 is 2.89 bits per heavy atom. The molecule has 0 bridgehead atoms. The molecule has 0 aliphatic heterocycles. The average molecular weight is 121 g/mol. The molecule has 0 unspecified atom stereocenters. The zero-order valence-corrected chi connectivity index (χ0v) is 5.22. The van der Waals surface area contributed by atoms with Crippen LogP contribution in [0, 0.1) is 6.92 Å². The van der Waals surface area contributed by atoms with Crippen molar-refractivity contribution in [2.45, 2.75) is 6.92 Å². The number of hydrogen-bond acceptors (Lipinski definition) is 1. The molecule has 0 spiro atoms. The molecule has 0 aliphatic rings. The lowest BCUT2D eigenvalue weighted by molar-refractivity contribution is 0.112. The Morgan fingerprint density at radius 1 is 1.56 bits per heavy atom. The molecule has 1 aromatic carbocycles. The minimum atomic E-state index is 0.421. The average Bonchev–Trinajstić information content (AvgIpc) is 1.95. The van der Waals surface area contributed by atoms with E-state index in [1.807, 2.05) is 6.92 Å². The van der Waals surface area contributed by atoms with Gasteiger partial charge in [-0.25, -0.2) is 0 Å². The molecule has 0 fully saturated rings. The van der Waals surface area contributed by atoms with Crippen LogP contribution in [0.1, 0.15) is 17.3 Å². The van der Waals surface area contributed by atoms with Crippen LogP contribution in [0.25, 0.3) is 0 Å². The second kappa shape index (κ2) is 2.44. The van der Waals surface area contributed by atoms with Crippen molar-refractivity contribution < 1.29 is 6.17 Å². The van der Waals surface area contributed by atoms with E-state index in [0.717, 1.165) is 11.8 Å². The molecule has 1 heteroatoms. The standard InChI is InChI=1S/C8H8O/c1-7-2-4-8(6-9)5-3-7/h2-6H,1H3/i2D. The largest absolute Gasteiger partial charge is 0.298 e. The van der Waals surface area contributed by atoms with E-state index < -0.39 is 0 Å². The predicted octanol–water partition coefficient (Wildman–Crippen LogP) is 1.81. The number of carbonyl (C=O) groups excluding carboxylic acids is 1. The molecule has 1 aromatic rings. The highest BCUT2D eigenvalue weighted by Crippen LogP contribution is 1.98. The smallest absolute Gasteiger partial charge is 0.150 e. The second-order valence-corrected chi connectivity index (χ2v) is 1.92. The molecule has 0 aliphatic carbocycles. The summed E-state index contributed by atoms with van der Waals surface area (Å²) in [5, 5.41) is 0. The van der Waals surface area contributed by atoms with E-state index in [4.69, 9.17) is 1.37 Å². The first-order chi connectivity index (χ1) is 4.74. The Balaban J connectivity index is 3.16. The third-order valence-corrected chi connectivity index (χ3v) is 1.13. The molecular weight excluding hydrogens is 112 g/mol. The highest BCUT2D eigenvalue weighted by atomic mass is 16.1. The van der Waals surface area contributed by atoms with Crippen LogP contribution >= 0.6 is 0 Å². The lowest BCUT2D eigenvalue weighted by Gasteiger charge is -1.89. The fraction of sp³-hybridized carbons (Fsp3) is 0.125. The van der Waals surface area contributed by atoms with Gasteiger partial charge in [-0.05, 0) is 6.92 Å². The molecule has 0 radical (unpaired) electrons. The summed E-state index contributed by atoms with van der Waals surface area (Å²) in [5.74, 6) is 0. The molecule has 1 rings (SSSR count). The van der Waals surface area contributed by atoms with Crippen LogP contribution in [0.15, 0.2) is 24.2 Å². The fourth-order valence-electron chi connectivity index (χ4n) is 0.588. The first-order valence-corrected chi connectivity index (χ1v) is 2.76. The van der Waals surface area contributed by atoms with Gasteiger partial charge in [-0.1, -0.05) is 29.8 Å². The van der Waals surface area contributed by atoms with Crippen LogP contribution in [0.4, 0.5) is 0 Å². The van der Waals surface area contributed by atoms with Gasteiger partial charge in [-0.3, -0.25) is 4.79 Å². The van der Waals surface area contributed by atoms with Crippen molar-refractivity contribution in [1.82, 2.24) is 0 Å². The van der Waals surface area contributed by atoms with E-state index in [9.17, 15) is 4.79 Å². The highest BCUT2D eigenvalue weighted by molar-refractivity contribution is 5.74. The molecule has 0 saturated heterocycles. The Hall–Kier alpha value is -1.11. The van der Waals surface area contributed by atoms with Crippen molar-refractivity contribution in [2.24, 2.45) is 0 Å². The second-order valence-electron chi connectivity index (χ2n) is 1.92. The van der Waals surface area contributed by atoms with Gasteiger partial charge in [0.25, 0.3) is 0 Å². The Labute approximate surface area is 55.7 Å². The molecule has 0 saturated carbocycles. The summed E-state index contributed by atoms with van der Waals surface area (Å²) < 4.78 is 7.30. The van der Waals surface area contributed by atoms with Crippen LogP contribution in [0.2, 0.25) is 0 Å². The van der Waals surface area contributed by atoms with Crippen molar-refractivity contribution in [3.8, 4) is 0 Å². The maximum Gasteiger partial charge on any atom is 0.150 e. The van der Waals surface area contributed by atoms with Crippen molar-refractivity contribution in [1.29, 1.82) is 0 Å². The third-order valence-electron chi connectivity index (χ3n) is 1.13. The maximum atomic E-state index is 10.2. The normalized spacial score (nSPS) is 10.6. The molecule has 1 nitrogen and oxygen atoms in total. The first kappa shape index (κ1) is 4.74. The van der Waals surface area contributed by atoms with Crippen LogP contribution in [0.5, 0.6) is 0 Å². The Bertz CT molecular complexity index is 255. The van der Waals surface area contributed by atoms with Gasteiger partial charge >= 0.3 is 0 Å². The van der Waals surface area contributed by atoms with Crippen molar-refractivity contribution >= 4 is 6.29 Å². The van der Waals surface area contributed by atoms with E-state index in [1.165, 1.54) is 0 Å². The van der Waals surface area contributed by atoms with Crippen molar-refractivity contribution in [3.63, 3.8) is 0 Å². The lowest BCUT2D eigenvalue weighted by atomic mass is 10.2. The maximum absolute atomic E-state index is 10.2. The number of aryl methyl sites for hydroxylation is 1. The summed E-state index contributed by atoms with van der Waals surface area (Å²) in [5.41, 5.74) is 1.46. The zero-order chi connectivity index (χ0) is 7.56. The number of benzene rings is 1. The van der Waals surface area contributed by atoms with E-state index in [-0.39, 0.29) is 0 Å². The van der Waals surface area contributed by atoms with Gasteiger partial charge < -0.3 is 0 Å². The van der Waals surface area contributed by atoms with E-state index in [1.54, 1.807) is 18.2 Å². The van der Waals surface area contributed by atoms with E-state index >= 15 is 0 Å². The number of carbonyl (C=O) groups is 1. The molecule has 0 N–H and O–H groups in total. The molecule has 46 valence electrons. The first-order valence-electron chi connectivity index (χ1n) is 3.26. The van der Waals surface area contributed by atoms with Crippen molar-refractivity contribution in [2.75, 3.05) is 0 Å². The van der Waals surface area contributed by atoms with Crippen LogP contribution < -0.4 is 0 Å². The minimum absolute atomic E-state index is 0.421. The summed E-state index contributed by atoms with van der Waals surface area (Å²) in [6.07, 6.45) is 0.748. The zero-order valence-electron chi connectivity index (χ0n) is 6.22. The van der Waals surface area contributed by atoms with Gasteiger partial charge in [-0.2, -0.15) is 0 Å². The van der Waals surface area contributed by atoms with Crippen LogP contribution in [0.3, 0.4) is 0 Å². The summed E-state index contributed by atoms with van der Waals surface area (Å²) in [4.78, 5) is 10.2. The highest BCUT2D eigenvalue weighted by Gasteiger charge is 1.85. The summed E-state index contributed by atoms with van der Waals surface area (Å²) in [6.45, 7) is 1.84. The monoisotopic (exact) mass is 121 g/mol. The van der Waals surface area contributed by atoms with Gasteiger partial charge in [0.15, 0.2) is 0 Å². The summed E-state index contributed by atoms with van der Waals surface area (Å²) in [6, 6.07) is 5.46. The summed E-state index contributed by atoms with van der Waals surface area (Å²) in [7, 11) is 0. The fourth-order valence-corrected chi connectivity index (χ4v) is 0.588. The molecule has 0 heterocycles. The Morgan fingerprint density at radius 2 is 2.33 bits per heavy atom. The van der Waals surface area contributed by atoms with Gasteiger partial charge in [0.05, 0.1) is 1.37 Å². The number of aldehydes is 1. The molecule has 9 heavy (non-hydrogen) atoms. The van der Waals surface area contributed by atoms with Gasteiger partial charge in [-0.15, -0.1) is 0 Å². The SMILES string of the molecule is [2H]c1cc(C=O)ccc1C. The number of rotatable bonds is 1. The molecule has 0 aromatic heterocycles. The molecule has 0 atom stereocenters. The molecule has 0 amide bonds. The number of hydrogen-bond donors (Lipinski definition) is 0. The van der Waals surface area contributed by atoms with Gasteiger partial charge in [0, 0.05) is 5.56 Å². The van der Waals surface area contributed by atoms with Gasteiger partial charge in [0.1, 0.15) is 6.29 Å². The molecular formula is C8H8O. The topological polar surface area (TPSA) is 17.1 Å². The van der Waals surface area contributed by atoms with E-state index in [2.05, 4.69) is 0 Å². The minimum Gasteiger partial charge on any atom is -0.298 e.